The van der Waals surface area contributed by atoms with Gasteiger partial charge in [0.2, 0.25) is 0 Å². The van der Waals surface area contributed by atoms with Crippen LogP contribution in [0.1, 0.15) is 13.3 Å². The Balaban J connectivity index is 3.69. The molecule has 3 N–H and O–H groups in total. The molecule has 0 saturated heterocycles. The lowest BCUT2D eigenvalue weighted by atomic mass is 10.0. The SMILES string of the molecule is C[C@@H](CCF)[C@@H](N)C(=O)O. The molecule has 0 bridgehead atoms. The lowest BCUT2D eigenvalue weighted by molar-refractivity contribution is -0.139. The first kappa shape index (κ1) is 9.36. The number of rotatable bonds is 4. The number of alkyl halides is 1. The second-order valence-electron chi connectivity index (χ2n) is 2.32. The summed E-state index contributed by atoms with van der Waals surface area (Å²) >= 11 is 0. The number of carboxylic acids is 1. The van der Waals surface area contributed by atoms with E-state index in [1.807, 2.05) is 0 Å². The van der Waals surface area contributed by atoms with E-state index in [0.717, 1.165) is 0 Å². The normalized spacial score (nSPS) is 16.3. The fraction of sp³-hybridized carbons (Fsp3) is 0.833. The van der Waals surface area contributed by atoms with E-state index >= 15 is 0 Å². The van der Waals surface area contributed by atoms with Crippen LogP contribution in [0.25, 0.3) is 0 Å². The van der Waals surface area contributed by atoms with Crippen LogP contribution in [0.4, 0.5) is 4.39 Å². The highest BCUT2D eigenvalue weighted by atomic mass is 19.1. The highest BCUT2D eigenvalue weighted by molar-refractivity contribution is 5.73. The standard InChI is InChI=1S/C6H12FNO2/c1-4(2-3-7)5(8)6(9)10/h4-5H,2-3,8H2,1H3,(H,9,10)/t4-,5+/m0/s1. The Labute approximate surface area is 59.0 Å². The minimum atomic E-state index is -1.07. The number of hydrogen-bond donors (Lipinski definition) is 2. The second-order valence-corrected chi connectivity index (χ2v) is 2.32. The highest BCUT2D eigenvalue weighted by Crippen LogP contribution is 2.05. The maximum absolute atomic E-state index is 11.6. The summed E-state index contributed by atoms with van der Waals surface area (Å²) in [5, 5.41) is 8.33. The average molecular weight is 149 g/mol. The van der Waals surface area contributed by atoms with Gasteiger partial charge in [0.05, 0.1) is 6.67 Å². The molecule has 0 aromatic rings. The van der Waals surface area contributed by atoms with Crippen molar-refractivity contribution in [2.45, 2.75) is 19.4 Å². The monoisotopic (exact) mass is 149 g/mol. The highest BCUT2D eigenvalue weighted by Gasteiger charge is 2.18. The molecule has 10 heavy (non-hydrogen) atoms. The maximum Gasteiger partial charge on any atom is 0.320 e. The molecule has 0 heterocycles. The molecule has 0 aliphatic heterocycles. The van der Waals surface area contributed by atoms with Crippen LogP contribution in [-0.4, -0.2) is 23.8 Å². The summed E-state index contributed by atoms with van der Waals surface area (Å²) in [7, 11) is 0. The van der Waals surface area contributed by atoms with Gasteiger partial charge in [-0.2, -0.15) is 0 Å². The van der Waals surface area contributed by atoms with Crippen LogP contribution in [0.3, 0.4) is 0 Å². The molecule has 0 saturated carbocycles. The molecule has 0 aliphatic carbocycles. The smallest absolute Gasteiger partial charge is 0.320 e. The van der Waals surface area contributed by atoms with Crippen LogP contribution >= 0.6 is 0 Å². The van der Waals surface area contributed by atoms with Gasteiger partial charge in [-0.15, -0.1) is 0 Å². The average Bonchev–Trinajstić information content (AvgIpc) is 1.87. The summed E-state index contributed by atoms with van der Waals surface area (Å²) in [5.74, 6) is -1.36. The predicted octanol–water partition coefficient (Wildman–Crippen LogP) is 0.394. The van der Waals surface area contributed by atoms with Gasteiger partial charge in [-0.3, -0.25) is 9.18 Å². The molecule has 0 amide bonds. The van der Waals surface area contributed by atoms with Crippen LogP contribution in [0.2, 0.25) is 0 Å². The molecule has 0 aliphatic rings. The van der Waals surface area contributed by atoms with E-state index in [4.69, 9.17) is 10.8 Å². The van der Waals surface area contributed by atoms with Crippen molar-refractivity contribution in [2.75, 3.05) is 6.67 Å². The molecule has 2 atom stereocenters. The van der Waals surface area contributed by atoms with Gasteiger partial charge in [0, 0.05) is 0 Å². The van der Waals surface area contributed by atoms with Gasteiger partial charge in [0.1, 0.15) is 6.04 Å². The summed E-state index contributed by atoms with van der Waals surface area (Å²) in [4.78, 5) is 10.2. The molecule has 0 spiro atoms. The zero-order valence-corrected chi connectivity index (χ0v) is 5.88. The molecule has 0 aromatic heterocycles. The molecular formula is C6H12FNO2. The molecule has 4 heteroatoms. The summed E-state index contributed by atoms with van der Waals surface area (Å²) in [5.41, 5.74) is 5.18. The second kappa shape index (κ2) is 4.22. The minimum Gasteiger partial charge on any atom is -0.480 e. The Morgan fingerprint density at radius 2 is 2.30 bits per heavy atom. The number of carbonyl (C=O) groups is 1. The number of halogens is 1. The van der Waals surface area contributed by atoms with Crippen molar-refractivity contribution in [1.82, 2.24) is 0 Å². The van der Waals surface area contributed by atoms with Crippen LogP contribution < -0.4 is 5.73 Å². The van der Waals surface area contributed by atoms with Crippen molar-refractivity contribution in [3.63, 3.8) is 0 Å². The Morgan fingerprint density at radius 3 is 2.60 bits per heavy atom. The predicted molar refractivity (Wildman–Crippen MR) is 35.4 cm³/mol. The van der Waals surface area contributed by atoms with Gasteiger partial charge in [0.25, 0.3) is 0 Å². The van der Waals surface area contributed by atoms with E-state index in [0.29, 0.717) is 0 Å². The van der Waals surface area contributed by atoms with Crippen molar-refractivity contribution in [3.05, 3.63) is 0 Å². The third kappa shape index (κ3) is 2.77. The molecule has 0 unspecified atom stereocenters. The quantitative estimate of drug-likeness (QED) is 0.608. The molecule has 3 nitrogen and oxygen atoms in total. The minimum absolute atomic E-state index is 0.216. The lowest BCUT2D eigenvalue weighted by Crippen LogP contribution is -2.36. The first-order valence-corrected chi connectivity index (χ1v) is 3.14. The third-order valence-corrected chi connectivity index (χ3v) is 1.46. The fourth-order valence-corrected chi connectivity index (χ4v) is 0.595. The van der Waals surface area contributed by atoms with E-state index in [2.05, 4.69) is 0 Å². The zero-order chi connectivity index (χ0) is 8.15. The molecule has 0 rings (SSSR count). The van der Waals surface area contributed by atoms with E-state index in [1.165, 1.54) is 0 Å². The van der Waals surface area contributed by atoms with Crippen LogP contribution in [-0.2, 0) is 4.79 Å². The number of nitrogens with two attached hydrogens (primary N) is 1. The summed E-state index contributed by atoms with van der Waals surface area (Å²) in [6.07, 6.45) is 0.216. The van der Waals surface area contributed by atoms with E-state index < -0.39 is 18.7 Å². The van der Waals surface area contributed by atoms with Crippen molar-refractivity contribution in [3.8, 4) is 0 Å². The van der Waals surface area contributed by atoms with Gasteiger partial charge in [-0.1, -0.05) is 6.92 Å². The summed E-state index contributed by atoms with van der Waals surface area (Å²) in [6, 6.07) is -0.934. The molecule has 0 aromatic carbocycles. The number of hydrogen-bond acceptors (Lipinski definition) is 2. The third-order valence-electron chi connectivity index (χ3n) is 1.46. The van der Waals surface area contributed by atoms with Gasteiger partial charge in [-0.05, 0) is 12.3 Å². The van der Waals surface area contributed by atoms with Crippen molar-refractivity contribution in [2.24, 2.45) is 11.7 Å². The maximum atomic E-state index is 11.6. The molecule has 0 fully saturated rings. The van der Waals surface area contributed by atoms with Crippen LogP contribution in [0.15, 0.2) is 0 Å². The van der Waals surface area contributed by atoms with E-state index in [9.17, 15) is 9.18 Å². The largest absolute Gasteiger partial charge is 0.480 e. The topological polar surface area (TPSA) is 63.3 Å². The lowest BCUT2D eigenvalue weighted by Gasteiger charge is -2.12. The summed E-state index contributed by atoms with van der Waals surface area (Å²) in [6.45, 7) is 1.11. The zero-order valence-electron chi connectivity index (χ0n) is 5.88. The molecular weight excluding hydrogens is 137 g/mol. The Morgan fingerprint density at radius 1 is 1.80 bits per heavy atom. The Kier molecular flexibility index (Phi) is 3.95. The fourth-order valence-electron chi connectivity index (χ4n) is 0.595. The van der Waals surface area contributed by atoms with Crippen LogP contribution in [0, 0.1) is 5.92 Å². The first-order valence-electron chi connectivity index (χ1n) is 3.14. The molecule has 0 radical (unpaired) electrons. The van der Waals surface area contributed by atoms with E-state index in [1.54, 1.807) is 6.92 Å². The van der Waals surface area contributed by atoms with Gasteiger partial charge in [-0.25, -0.2) is 0 Å². The van der Waals surface area contributed by atoms with Crippen molar-refractivity contribution < 1.29 is 14.3 Å². The Bertz CT molecular complexity index is 118. The summed E-state index contributed by atoms with van der Waals surface area (Å²) < 4.78 is 11.6. The van der Waals surface area contributed by atoms with Crippen LogP contribution in [0.5, 0.6) is 0 Å². The first-order chi connectivity index (χ1) is 4.59. The Hall–Kier alpha value is -0.640. The van der Waals surface area contributed by atoms with Gasteiger partial charge in [0.15, 0.2) is 0 Å². The molecule has 60 valence electrons. The number of carboxylic acid groups (broad SMARTS) is 1. The van der Waals surface area contributed by atoms with Gasteiger partial charge < -0.3 is 10.8 Å². The van der Waals surface area contributed by atoms with E-state index in [-0.39, 0.29) is 12.3 Å². The van der Waals surface area contributed by atoms with Gasteiger partial charge >= 0.3 is 5.97 Å². The van der Waals surface area contributed by atoms with Crippen molar-refractivity contribution >= 4 is 5.97 Å². The van der Waals surface area contributed by atoms with Crippen molar-refractivity contribution in [1.29, 1.82) is 0 Å². The number of aliphatic carboxylic acids is 1.